The molecule has 0 spiro atoms. The van der Waals surface area contributed by atoms with Crippen molar-refractivity contribution < 1.29 is 28.5 Å². The number of benzene rings is 4. The van der Waals surface area contributed by atoms with Crippen molar-refractivity contribution >= 4 is 35.6 Å². The summed E-state index contributed by atoms with van der Waals surface area (Å²) >= 11 is 0. The molecule has 0 fully saturated rings. The Bertz CT molecular complexity index is 1530. The van der Waals surface area contributed by atoms with E-state index >= 15 is 0 Å². The highest BCUT2D eigenvalue weighted by Crippen LogP contribution is 2.28. The van der Waals surface area contributed by atoms with E-state index in [4.69, 9.17) is 18.9 Å². The number of hydrogen-bond acceptors (Lipinski definition) is 9. The van der Waals surface area contributed by atoms with E-state index in [0.717, 1.165) is 0 Å². The van der Waals surface area contributed by atoms with Gasteiger partial charge in [0.2, 0.25) is 0 Å². The number of carbonyl (C=O) groups is 2. The summed E-state index contributed by atoms with van der Waals surface area (Å²) in [6.45, 7) is 0. The summed E-state index contributed by atoms with van der Waals surface area (Å²) < 4.78 is 21.1. The fraction of sp³-hybridized carbons (Fsp3) is 0.125. The highest BCUT2D eigenvalue weighted by atomic mass is 16.5. The second-order valence-corrected chi connectivity index (χ2v) is 8.84. The van der Waals surface area contributed by atoms with Crippen LogP contribution in [0, 0.1) is 0 Å². The second-order valence-electron chi connectivity index (χ2n) is 8.84. The summed E-state index contributed by atoms with van der Waals surface area (Å²) in [5.41, 5.74) is 8.11. The second kappa shape index (κ2) is 14.7. The summed E-state index contributed by atoms with van der Waals surface area (Å²) in [6.07, 6.45) is 3.00. The van der Waals surface area contributed by atoms with Crippen molar-refractivity contribution in [3.05, 3.63) is 107 Å². The van der Waals surface area contributed by atoms with Gasteiger partial charge in [-0.3, -0.25) is 9.59 Å². The van der Waals surface area contributed by atoms with Gasteiger partial charge in [0.1, 0.15) is 0 Å². The highest BCUT2D eigenvalue weighted by Gasteiger charge is 2.15. The third-order valence-corrected chi connectivity index (χ3v) is 6.19. The van der Waals surface area contributed by atoms with Crippen molar-refractivity contribution in [2.45, 2.75) is 0 Å². The van der Waals surface area contributed by atoms with Crippen molar-refractivity contribution in [2.24, 2.45) is 10.2 Å². The number of nitrogens with zero attached hydrogens (tertiary/aromatic N) is 2. The number of anilines is 2. The number of methoxy groups -OCH3 is 4. The molecule has 4 aromatic rings. The number of para-hydroxylation sites is 2. The lowest BCUT2D eigenvalue weighted by atomic mass is 10.1. The molecule has 0 atom stereocenters. The van der Waals surface area contributed by atoms with Crippen LogP contribution in [0.1, 0.15) is 31.8 Å². The lowest BCUT2D eigenvalue weighted by molar-refractivity contribution is 0.0948. The summed E-state index contributed by atoms with van der Waals surface area (Å²) in [4.78, 5) is 26.1. The fourth-order valence-electron chi connectivity index (χ4n) is 4.04. The topological polar surface area (TPSA) is 132 Å². The van der Waals surface area contributed by atoms with Crippen LogP contribution < -0.4 is 35.1 Å². The number of ether oxygens (including phenoxy) is 4. The first kappa shape index (κ1) is 30.1. The van der Waals surface area contributed by atoms with Gasteiger partial charge in [-0.05, 0) is 71.8 Å². The Morgan fingerprint density at radius 2 is 0.953 bits per heavy atom. The number of amides is 2. The standard InChI is InChI=1S/C32H31N5O6/c1-40-27-15-13-21(17-29(27)42-3)19-33-36-31(38)23-9-5-7-11-25(23)35-26-12-8-6-10-24(26)32(39)37-34-20-22-14-16-28(41-2)30(18-22)43-4/h5-20,35H,1-4H3,(H,36,38)(H,37,39). The Labute approximate surface area is 249 Å². The van der Waals surface area contributed by atoms with Gasteiger partial charge in [-0.25, -0.2) is 10.9 Å². The van der Waals surface area contributed by atoms with Gasteiger partial charge in [0.15, 0.2) is 23.0 Å². The highest BCUT2D eigenvalue weighted by molar-refractivity contribution is 6.03. The molecule has 220 valence electrons. The molecular formula is C32H31N5O6. The average molecular weight is 582 g/mol. The molecular weight excluding hydrogens is 550 g/mol. The van der Waals surface area contributed by atoms with Gasteiger partial charge in [-0.15, -0.1) is 0 Å². The zero-order valence-electron chi connectivity index (χ0n) is 24.1. The molecule has 11 nitrogen and oxygen atoms in total. The van der Waals surface area contributed by atoms with Crippen molar-refractivity contribution in [2.75, 3.05) is 33.8 Å². The third kappa shape index (κ3) is 7.67. The van der Waals surface area contributed by atoms with E-state index in [1.54, 1.807) is 113 Å². The number of nitrogens with one attached hydrogen (secondary N) is 3. The van der Waals surface area contributed by atoms with Crippen LogP contribution in [0.4, 0.5) is 11.4 Å². The predicted octanol–water partition coefficient (Wildman–Crippen LogP) is 4.99. The normalized spacial score (nSPS) is 10.8. The number of hydrogen-bond donors (Lipinski definition) is 3. The van der Waals surface area contributed by atoms with Crippen LogP contribution in [0.15, 0.2) is 95.1 Å². The van der Waals surface area contributed by atoms with Crippen LogP contribution in [0.2, 0.25) is 0 Å². The van der Waals surface area contributed by atoms with E-state index in [0.29, 0.717) is 56.6 Å². The molecule has 11 heteroatoms. The zero-order valence-corrected chi connectivity index (χ0v) is 24.1. The molecule has 4 rings (SSSR count). The molecule has 0 bridgehead atoms. The molecule has 43 heavy (non-hydrogen) atoms. The summed E-state index contributed by atoms with van der Waals surface area (Å²) in [5, 5.41) is 11.3. The van der Waals surface area contributed by atoms with E-state index in [-0.39, 0.29) is 0 Å². The first-order valence-corrected chi connectivity index (χ1v) is 13.0. The molecule has 0 heterocycles. The van der Waals surface area contributed by atoms with Gasteiger partial charge >= 0.3 is 0 Å². The van der Waals surface area contributed by atoms with Gasteiger partial charge < -0.3 is 24.3 Å². The lowest BCUT2D eigenvalue weighted by Gasteiger charge is -2.14. The minimum atomic E-state index is -0.443. The van der Waals surface area contributed by atoms with Gasteiger partial charge in [0.05, 0.1) is 63.4 Å². The third-order valence-electron chi connectivity index (χ3n) is 6.19. The van der Waals surface area contributed by atoms with E-state index in [9.17, 15) is 9.59 Å². The van der Waals surface area contributed by atoms with Gasteiger partial charge in [-0.1, -0.05) is 24.3 Å². The van der Waals surface area contributed by atoms with E-state index in [1.165, 1.54) is 12.4 Å². The molecule has 0 aliphatic rings. The largest absolute Gasteiger partial charge is 0.493 e. The van der Waals surface area contributed by atoms with Crippen LogP contribution in [0.5, 0.6) is 23.0 Å². The first-order chi connectivity index (χ1) is 21.0. The molecule has 0 aromatic heterocycles. The maximum absolute atomic E-state index is 13.0. The minimum absolute atomic E-state index is 0.327. The van der Waals surface area contributed by atoms with Crippen LogP contribution >= 0.6 is 0 Å². The molecule has 0 saturated heterocycles. The first-order valence-electron chi connectivity index (χ1n) is 13.0. The number of hydrazone groups is 2. The zero-order chi connectivity index (χ0) is 30.6. The summed E-state index contributed by atoms with van der Waals surface area (Å²) in [6, 6.07) is 24.3. The fourth-order valence-corrected chi connectivity index (χ4v) is 4.04. The SMILES string of the molecule is COc1ccc(C=NNC(=O)c2ccccc2Nc2ccccc2C(=O)NN=Cc2ccc(OC)c(OC)c2)cc1OC. The smallest absolute Gasteiger partial charge is 0.273 e. The maximum atomic E-state index is 13.0. The molecule has 0 aliphatic carbocycles. The van der Waals surface area contributed by atoms with E-state index in [1.807, 2.05) is 0 Å². The number of rotatable bonds is 12. The lowest BCUT2D eigenvalue weighted by Crippen LogP contribution is -2.20. The van der Waals surface area contributed by atoms with Crippen LogP contribution in [-0.2, 0) is 0 Å². The molecule has 0 saturated carbocycles. The van der Waals surface area contributed by atoms with E-state index in [2.05, 4.69) is 26.4 Å². The average Bonchev–Trinajstić information content (AvgIpc) is 3.04. The summed E-state index contributed by atoms with van der Waals surface area (Å²) in [5.74, 6) is 1.37. The summed E-state index contributed by atoms with van der Waals surface area (Å²) in [7, 11) is 6.19. The van der Waals surface area contributed by atoms with Gasteiger partial charge in [0, 0.05) is 0 Å². The maximum Gasteiger partial charge on any atom is 0.273 e. The van der Waals surface area contributed by atoms with Crippen molar-refractivity contribution in [1.29, 1.82) is 0 Å². The van der Waals surface area contributed by atoms with Crippen LogP contribution in [-0.4, -0.2) is 52.7 Å². The Kier molecular flexibility index (Phi) is 10.3. The molecule has 0 unspecified atom stereocenters. The Morgan fingerprint density at radius 1 is 0.558 bits per heavy atom. The molecule has 2 amide bonds. The Hall–Kier alpha value is -5.84. The molecule has 0 radical (unpaired) electrons. The monoisotopic (exact) mass is 581 g/mol. The van der Waals surface area contributed by atoms with Crippen molar-refractivity contribution in [3.8, 4) is 23.0 Å². The molecule has 4 aromatic carbocycles. The van der Waals surface area contributed by atoms with Crippen LogP contribution in [0.25, 0.3) is 0 Å². The minimum Gasteiger partial charge on any atom is -0.493 e. The predicted molar refractivity (Wildman–Crippen MR) is 165 cm³/mol. The quantitative estimate of drug-likeness (QED) is 0.159. The van der Waals surface area contributed by atoms with Crippen molar-refractivity contribution in [3.63, 3.8) is 0 Å². The number of carbonyl (C=O) groups excluding carboxylic acids is 2. The molecule has 3 N–H and O–H groups in total. The van der Waals surface area contributed by atoms with Gasteiger partial charge in [0.25, 0.3) is 11.8 Å². The van der Waals surface area contributed by atoms with Gasteiger partial charge in [-0.2, -0.15) is 10.2 Å². The Balaban J connectivity index is 1.45. The van der Waals surface area contributed by atoms with Crippen molar-refractivity contribution in [1.82, 2.24) is 10.9 Å². The molecule has 0 aliphatic heterocycles. The Morgan fingerprint density at radius 3 is 1.35 bits per heavy atom. The van der Waals surface area contributed by atoms with Crippen LogP contribution in [0.3, 0.4) is 0 Å². The van der Waals surface area contributed by atoms with E-state index < -0.39 is 11.8 Å².